The summed E-state index contributed by atoms with van der Waals surface area (Å²) in [6.07, 6.45) is 0.339. The summed E-state index contributed by atoms with van der Waals surface area (Å²) >= 11 is 0. The summed E-state index contributed by atoms with van der Waals surface area (Å²) in [7, 11) is -3.41. The Hall–Kier alpha value is -2.51. The first-order valence-corrected chi connectivity index (χ1v) is 10.00. The van der Waals surface area contributed by atoms with E-state index < -0.39 is 10.0 Å². The van der Waals surface area contributed by atoms with Gasteiger partial charge in [0.25, 0.3) is 0 Å². The zero-order valence-electron chi connectivity index (χ0n) is 14.8. The Morgan fingerprint density at radius 1 is 1.08 bits per heavy atom. The Bertz CT molecular complexity index is 997. The first-order valence-electron chi connectivity index (χ1n) is 8.34. The topological polar surface area (TPSA) is 85.1 Å². The summed E-state index contributed by atoms with van der Waals surface area (Å²) in [6.45, 7) is 4.12. The van der Waals surface area contributed by atoms with Crippen molar-refractivity contribution in [1.82, 2.24) is 14.9 Å². The number of rotatable bonds is 7. The van der Waals surface area contributed by atoms with Crippen LogP contribution in [0.3, 0.4) is 0 Å². The molecule has 136 valence electrons. The van der Waals surface area contributed by atoms with Crippen molar-refractivity contribution in [1.29, 1.82) is 0 Å². The Kier molecular flexibility index (Phi) is 5.49. The second kappa shape index (κ2) is 7.80. The normalized spacial score (nSPS) is 11.6. The van der Waals surface area contributed by atoms with Crippen LogP contribution in [0.5, 0.6) is 0 Å². The Balaban J connectivity index is 1.57. The third kappa shape index (κ3) is 4.77. The van der Waals surface area contributed by atoms with Gasteiger partial charge in [-0.15, -0.1) is 0 Å². The predicted molar refractivity (Wildman–Crippen MR) is 100.0 cm³/mol. The number of aryl methyl sites for hydroxylation is 2. The molecule has 0 aliphatic rings. The van der Waals surface area contributed by atoms with Gasteiger partial charge in [0.1, 0.15) is 0 Å². The fourth-order valence-corrected chi connectivity index (χ4v) is 3.81. The van der Waals surface area contributed by atoms with Crippen LogP contribution in [0.15, 0.2) is 53.1 Å². The zero-order valence-corrected chi connectivity index (χ0v) is 15.6. The third-order valence-electron chi connectivity index (χ3n) is 3.95. The lowest BCUT2D eigenvalue weighted by molar-refractivity contribution is 0.379. The summed E-state index contributed by atoms with van der Waals surface area (Å²) in [4.78, 5) is 4.34. The molecule has 0 aliphatic carbocycles. The van der Waals surface area contributed by atoms with Gasteiger partial charge in [-0.3, -0.25) is 0 Å². The van der Waals surface area contributed by atoms with Crippen LogP contribution in [0.1, 0.15) is 22.6 Å². The first kappa shape index (κ1) is 18.3. The molecule has 3 rings (SSSR count). The summed E-state index contributed by atoms with van der Waals surface area (Å²) in [5, 5.41) is 3.98. The van der Waals surface area contributed by atoms with Gasteiger partial charge in [0.05, 0.1) is 5.75 Å². The molecule has 2 aromatic carbocycles. The number of hydrogen-bond donors (Lipinski definition) is 1. The van der Waals surface area contributed by atoms with Gasteiger partial charge >= 0.3 is 0 Å². The van der Waals surface area contributed by atoms with E-state index in [4.69, 9.17) is 4.52 Å². The summed E-state index contributed by atoms with van der Waals surface area (Å²) in [5.41, 5.74) is 3.76. The number of aromatic nitrogens is 2. The van der Waals surface area contributed by atoms with Gasteiger partial charge in [-0.25, -0.2) is 13.1 Å². The van der Waals surface area contributed by atoms with Gasteiger partial charge in [0.2, 0.25) is 21.7 Å². The van der Waals surface area contributed by atoms with E-state index in [9.17, 15) is 8.42 Å². The van der Waals surface area contributed by atoms with Crippen LogP contribution < -0.4 is 4.72 Å². The second-order valence-electron chi connectivity index (χ2n) is 6.22. The smallest absolute Gasteiger partial charge is 0.228 e. The molecule has 0 aliphatic heterocycles. The van der Waals surface area contributed by atoms with Crippen molar-refractivity contribution in [3.05, 3.63) is 71.1 Å². The molecule has 0 saturated carbocycles. The Morgan fingerprint density at radius 2 is 1.88 bits per heavy atom. The highest BCUT2D eigenvalue weighted by molar-refractivity contribution is 7.88. The van der Waals surface area contributed by atoms with Gasteiger partial charge in [0.15, 0.2) is 0 Å². The van der Waals surface area contributed by atoms with Gasteiger partial charge in [-0.2, -0.15) is 4.98 Å². The molecule has 26 heavy (non-hydrogen) atoms. The van der Waals surface area contributed by atoms with Crippen LogP contribution in [0.25, 0.3) is 11.4 Å². The monoisotopic (exact) mass is 371 g/mol. The molecule has 1 N–H and O–H groups in total. The standard InChI is InChI=1S/C19H21N3O3S/c1-14-6-5-8-16(12-14)13-26(23,24)20-11-10-18-21-19(22-25-18)17-9-4-3-7-15(17)2/h3-9,12,20H,10-11,13H2,1-2H3. The third-order valence-corrected chi connectivity index (χ3v) is 5.31. The number of hydrogen-bond acceptors (Lipinski definition) is 5. The van der Waals surface area contributed by atoms with E-state index in [-0.39, 0.29) is 12.3 Å². The highest BCUT2D eigenvalue weighted by atomic mass is 32.2. The van der Waals surface area contributed by atoms with Crippen molar-refractivity contribution < 1.29 is 12.9 Å². The maximum absolute atomic E-state index is 12.2. The van der Waals surface area contributed by atoms with E-state index in [1.807, 2.05) is 56.3 Å². The van der Waals surface area contributed by atoms with E-state index in [1.54, 1.807) is 6.07 Å². The molecule has 0 atom stereocenters. The van der Waals surface area contributed by atoms with Crippen LogP contribution in [0, 0.1) is 13.8 Å². The van der Waals surface area contributed by atoms with Crippen LogP contribution in [-0.2, 0) is 22.2 Å². The SMILES string of the molecule is Cc1cccc(CS(=O)(=O)NCCc2nc(-c3ccccc3C)no2)c1. The summed E-state index contributed by atoms with van der Waals surface area (Å²) in [6, 6.07) is 15.2. The molecule has 0 radical (unpaired) electrons. The van der Waals surface area contributed by atoms with Crippen LogP contribution in [0.2, 0.25) is 0 Å². The lowest BCUT2D eigenvalue weighted by atomic mass is 10.1. The molecule has 7 heteroatoms. The lowest BCUT2D eigenvalue weighted by Crippen LogP contribution is -2.27. The minimum atomic E-state index is -3.41. The van der Waals surface area contributed by atoms with Crippen molar-refractivity contribution in [2.24, 2.45) is 0 Å². The van der Waals surface area contributed by atoms with Crippen molar-refractivity contribution >= 4 is 10.0 Å². The first-order chi connectivity index (χ1) is 12.4. The minimum absolute atomic E-state index is 0.0486. The van der Waals surface area contributed by atoms with Gasteiger partial charge < -0.3 is 4.52 Å². The van der Waals surface area contributed by atoms with Crippen molar-refractivity contribution in [2.45, 2.75) is 26.0 Å². The van der Waals surface area contributed by atoms with Gasteiger partial charge in [0, 0.05) is 18.5 Å². The van der Waals surface area contributed by atoms with Gasteiger partial charge in [-0.05, 0) is 25.0 Å². The molecular formula is C19H21N3O3S. The van der Waals surface area contributed by atoms with E-state index in [2.05, 4.69) is 14.9 Å². The number of nitrogens with zero attached hydrogens (tertiary/aromatic N) is 2. The highest BCUT2D eigenvalue weighted by Gasteiger charge is 2.14. The van der Waals surface area contributed by atoms with E-state index >= 15 is 0 Å². The summed E-state index contributed by atoms with van der Waals surface area (Å²) < 4.78 is 32.2. The van der Waals surface area contributed by atoms with Crippen molar-refractivity contribution in [3.8, 4) is 11.4 Å². The van der Waals surface area contributed by atoms with E-state index in [0.717, 1.165) is 22.3 Å². The number of sulfonamides is 1. The largest absolute Gasteiger partial charge is 0.339 e. The molecule has 0 bridgehead atoms. The number of benzene rings is 2. The fourth-order valence-electron chi connectivity index (χ4n) is 2.68. The molecule has 0 fully saturated rings. The molecule has 0 spiro atoms. The van der Waals surface area contributed by atoms with Gasteiger partial charge in [-0.1, -0.05) is 59.3 Å². The van der Waals surface area contributed by atoms with Crippen LogP contribution >= 0.6 is 0 Å². The second-order valence-corrected chi connectivity index (χ2v) is 8.03. The molecule has 0 saturated heterocycles. The van der Waals surface area contributed by atoms with Crippen LogP contribution in [0.4, 0.5) is 0 Å². The molecule has 0 amide bonds. The van der Waals surface area contributed by atoms with Crippen molar-refractivity contribution in [2.75, 3.05) is 6.54 Å². The highest BCUT2D eigenvalue weighted by Crippen LogP contribution is 2.19. The molecule has 0 unspecified atom stereocenters. The molecule has 3 aromatic rings. The van der Waals surface area contributed by atoms with Crippen molar-refractivity contribution in [3.63, 3.8) is 0 Å². The minimum Gasteiger partial charge on any atom is -0.339 e. The molecule has 1 heterocycles. The molecular weight excluding hydrogens is 350 g/mol. The maximum atomic E-state index is 12.2. The Labute approximate surface area is 153 Å². The lowest BCUT2D eigenvalue weighted by Gasteiger charge is -2.06. The van der Waals surface area contributed by atoms with Crippen LogP contribution in [-0.4, -0.2) is 25.1 Å². The average Bonchev–Trinajstić information content (AvgIpc) is 3.03. The van der Waals surface area contributed by atoms with E-state index in [0.29, 0.717) is 18.1 Å². The van der Waals surface area contributed by atoms with E-state index in [1.165, 1.54) is 0 Å². The maximum Gasteiger partial charge on any atom is 0.228 e. The Morgan fingerprint density at radius 3 is 2.65 bits per heavy atom. The fraction of sp³-hybridized carbons (Fsp3) is 0.263. The summed E-state index contributed by atoms with van der Waals surface area (Å²) in [5.74, 6) is 0.870. The number of nitrogens with one attached hydrogen (secondary N) is 1. The predicted octanol–water partition coefficient (Wildman–Crippen LogP) is 3.02. The molecule has 1 aromatic heterocycles. The zero-order chi connectivity index (χ0) is 18.6. The average molecular weight is 371 g/mol. The molecule has 6 nitrogen and oxygen atoms in total. The quantitative estimate of drug-likeness (QED) is 0.690.